The van der Waals surface area contributed by atoms with Crippen molar-refractivity contribution in [3.63, 3.8) is 0 Å². The van der Waals surface area contributed by atoms with E-state index in [-0.39, 0.29) is 14.9 Å². The third-order valence-corrected chi connectivity index (χ3v) is 17.6. The van der Waals surface area contributed by atoms with Gasteiger partial charge in [0.15, 0.2) is 0 Å². The van der Waals surface area contributed by atoms with Gasteiger partial charge in [0, 0.05) is 116 Å². The van der Waals surface area contributed by atoms with Crippen LogP contribution in [0.3, 0.4) is 0 Å². The minimum absolute atomic E-state index is 0. The van der Waals surface area contributed by atoms with E-state index < -0.39 is 17.9 Å². The lowest BCUT2D eigenvalue weighted by molar-refractivity contribution is 0.0684. The largest absolute Gasteiger partial charge is 0.497 e. The SMILES string of the molecule is C.C.C#Cc1ccc(N(C)c2ccc3c(c2)OCC[C@H]3CCc2cnccc2C(=O)O)cc1.COc1ccc(N(C)c2ccc3c(c2)OCC[C@H]3CCc2cnccc2C(=O)O)cc1.Cc1ccc(N(C)c2ccc3c(c2)OCC[C@H]3CCc2cnccc2C(=O)O)cc1. The van der Waals surface area contributed by atoms with Gasteiger partial charge in [-0.1, -0.05) is 56.7 Å². The second-order valence-electron chi connectivity index (χ2n) is 23.2. The molecule has 94 heavy (non-hydrogen) atoms. The number of aromatic nitrogens is 3. The number of pyridine rings is 3. The van der Waals surface area contributed by atoms with Gasteiger partial charge in [-0.2, -0.15) is 0 Å². The van der Waals surface area contributed by atoms with Crippen LogP contribution in [0.1, 0.15) is 147 Å². The van der Waals surface area contributed by atoms with E-state index in [1.165, 1.54) is 40.8 Å². The number of ether oxygens (including phenoxy) is 4. The number of benzene rings is 6. The summed E-state index contributed by atoms with van der Waals surface area (Å²) in [4.78, 5) is 53.1. The first-order valence-corrected chi connectivity index (χ1v) is 30.9. The fraction of sp³-hybridized carbons (Fsp3) is 0.282. The number of aromatic carboxylic acids is 3. The molecule has 0 unspecified atom stereocenters. The molecule has 9 aromatic rings. The van der Waals surface area contributed by atoms with E-state index in [4.69, 9.17) is 25.4 Å². The molecular weight excluding hydrogens is 1180 g/mol. The van der Waals surface area contributed by atoms with Crippen molar-refractivity contribution in [3.8, 4) is 35.3 Å². The third-order valence-electron chi connectivity index (χ3n) is 17.6. The van der Waals surface area contributed by atoms with Crippen LogP contribution in [0.5, 0.6) is 23.0 Å². The zero-order valence-corrected chi connectivity index (χ0v) is 52.5. The number of terminal acetylenes is 1. The molecule has 16 heteroatoms. The molecule has 3 aliphatic heterocycles. The molecule has 0 saturated heterocycles. The molecule has 0 saturated carbocycles. The van der Waals surface area contributed by atoms with Crippen molar-refractivity contribution in [1.29, 1.82) is 0 Å². The second-order valence-corrected chi connectivity index (χ2v) is 23.2. The molecule has 12 rings (SSSR count). The fourth-order valence-corrected chi connectivity index (χ4v) is 12.2. The first-order chi connectivity index (χ1) is 44.7. The Morgan fingerprint density at radius 3 is 1.10 bits per heavy atom. The number of fused-ring (bicyclic) bond motifs is 3. The van der Waals surface area contributed by atoms with Crippen molar-refractivity contribution in [1.82, 2.24) is 15.0 Å². The van der Waals surface area contributed by atoms with Crippen molar-refractivity contribution in [2.24, 2.45) is 0 Å². The van der Waals surface area contributed by atoms with Crippen LogP contribution in [0.4, 0.5) is 34.1 Å². The van der Waals surface area contributed by atoms with E-state index >= 15 is 0 Å². The Morgan fingerprint density at radius 2 is 0.787 bits per heavy atom. The molecule has 0 fully saturated rings. The topological polar surface area (TPSA) is 197 Å². The van der Waals surface area contributed by atoms with Crippen LogP contribution >= 0.6 is 0 Å². The molecule has 0 spiro atoms. The van der Waals surface area contributed by atoms with Crippen molar-refractivity contribution >= 4 is 52.0 Å². The Hall–Kier alpha value is -10.7. The summed E-state index contributed by atoms with van der Waals surface area (Å²) in [5.74, 6) is 4.45. The molecule has 6 heterocycles. The average Bonchev–Trinajstić information content (AvgIpc) is 0.835. The van der Waals surface area contributed by atoms with Gasteiger partial charge in [-0.3, -0.25) is 15.0 Å². The lowest BCUT2D eigenvalue weighted by atomic mass is 9.87. The number of aryl methyl sites for hydroxylation is 4. The van der Waals surface area contributed by atoms with Crippen molar-refractivity contribution in [3.05, 3.63) is 244 Å². The molecular formula is C78H84N6O10. The van der Waals surface area contributed by atoms with E-state index in [0.717, 1.165) is 118 Å². The maximum Gasteiger partial charge on any atom is 0.336 e. The lowest BCUT2D eigenvalue weighted by Crippen LogP contribution is -2.17. The highest BCUT2D eigenvalue weighted by molar-refractivity contribution is 5.90. The first kappa shape index (κ1) is 69.2. The van der Waals surface area contributed by atoms with Crippen LogP contribution in [-0.2, 0) is 19.3 Å². The standard InChI is InChI=1S/C26H24N2O3.C25H26N2O4.C25H26N2O3.2CH4/c1-3-18-4-8-21(9-5-18)28(2)22-10-11-23-19(13-15-31-25(23)16-22)6-7-20-17-27-14-12-24(20)26(29)30;1-27(19-5-8-21(30-2)9-6-19)20-7-10-22-17(12-14-31-24(22)15-20)3-4-18-16-26-13-11-23(18)25(28)29;1-17-3-7-20(8-4-17)27(2)21-9-10-22-18(12-14-30-24(22)15-21)5-6-19-16-26-13-11-23(19)25(28)29;;/h1,4-5,8-12,14,16-17,19H,6-7,13,15H2,2H3,(H,29,30);5-11,13,15-17H,3-4,12,14H2,1-2H3,(H,28,29);3-4,7-11,13,15-16,18H,5-6,12,14H2,1-2H3,(H,28,29);2*1H4/t19-;17-;18-;;/m111../s1. The fourth-order valence-electron chi connectivity index (χ4n) is 12.2. The minimum atomic E-state index is -0.910. The lowest BCUT2D eigenvalue weighted by Gasteiger charge is -2.28. The van der Waals surface area contributed by atoms with Crippen molar-refractivity contribution < 1.29 is 48.7 Å². The molecule has 0 aliphatic carbocycles. The van der Waals surface area contributed by atoms with Crippen molar-refractivity contribution in [2.75, 3.05) is 62.8 Å². The first-order valence-electron chi connectivity index (χ1n) is 30.9. The van der Waals surface area contributed by atoms with E-state index in [0.29, 0.717) is 73.5 Å². The van der Waals surface area contributed by atoms with Gasteiger partial charge in [-0.25, -0.2) is 14.4 Å². The zero-order valence-electron chi connectivity index (χ0n) is 52.5. The quantitative estimate of drug-likeness (QED) is 0.0646. The molecule has 16 nitrogen and oxygen atoms in total. The van der Waals surface area contributed by atoms with Gasteiger partial charge < -0.3 is 49.0 Å². The van der Waals surface area contributed by atoms with Crippen LogP contribution in [0.25, 0.3) is 0 Å². The summed E-state index contributed by atoms with van der Waals surface area (Å²) < 4.78 is 23.2. The summed E-state index contributed by atoms with van der Waals surface area (Å²) in [6.07, 6.45) is 22.4. The highest BCUT2D eigenvalue weighted by Crippen LogP contribution is 2.43. The predicted octanol–water partition coefficient (Wildman–Crippen LogP) is 16.7. The number of hydrogen-bond donors (Lipinski definition) is 3. The number of methoxy groups -OCH3 is 1. The number of carbonyl (C=O) groups is 3. The maximum absolute atomic E-state index is 11.5. The zero-order chi connectivity index (χ0) is 64.7. The van der Waals surface area contributed by atoms with Crippen LogP contribution in [-0.4, -0.2) is 96.3 Å². The maximum atomic E-state index is 11.5. The second kappa shape index (κ2) is 32.6. The molecule has 3 aliphatic rings. The summed E-state index contributed by atoms with van der Waals surface area (Å²) in [6.45, 7) is 4.07. The highest BCUT2D eigenvalue weighted by Gasteiger charge is 2.27. The third kappa shape index (κ3) is 16.9. The molecule has 3 atom stereocenters. The Morgan fingerprint density at radius 1 is 0.479 bits per heavy atom. The number of carboxylic acids is 3. The van der Waals surface area contributed by atoms with Crippen molar-refractivity contribution in [2.45, 2.75) is 97.3 Å². The highest BCUT2D eigenvalue weighted by atomic mass is 16.5. The summed E-state index contributed by atoms with van der Waals surface area (Å²) in [7, 11) is 7.76. The van der Waals surface area contributed by atoms with Gasteiger partial charge in [0.25, 0.3) is 0 Å². The predicted molar refractivity (Wildman–Crippen MR) is 373 cm³/mol. The molecule has 0 bridgehead atoms. The number of hydrogen-bond acceptors (Lipinski definition) is 13. The molecule has 3 aromatic heterocycles. The summed E-state index contributed by atoms with van der Waals surface area (Å²) in [6, 6.07) is 48.0. The number of carboxylic acid groups (broad SMARTS) is 3. The summed E-state index contributed by atoms with van der Waals surface area (Å²) in [5, 5.41) is 28.2. The van der Waals surface area contributed by atoms with Crippen LogP contribution in [0.2, 0.25) is 0 Å². The smallest absolute Gasteiger partial charge is 0.336 e. The van der Waals surface area contributed by atoms with Crippen LogP contribution in [0.15, 0.2) is 183 Å². The Bertz CT molecular complexity index is 4080. The Labute approximate surface area is 552 Å². The monoisotopic (exact) mass is 1260 g/mol. The van der Waals surface area contributed by atoms with Gasteiger partial charge in [0.2, 0.25) is 0 Å². The Balaban J connectivity index is 0.000000179. The normalized spacial score (nSPS) is 14.7. The molecule has 0 radical (unpaired) electrons. The van der Waals surface area contributed by atoms with Crippen LogP contribution < -0.4 is 33.6 Å². The van der Waals surface area contributed by atoms with Gasteiger partial charge in [0.1, 0.15) is 23.0 Å². The van der Waals surface area contributed by atoms with Gasteiger partial charge in [-0.15, -0.1) is 6.42 Å². The van der Waals surface area contributed by atoms with E-state index in [1.807, 2.05) is 62.6 Å². The molecule has 6 aromatic carbocycles. The average molecular weight is 1270 g/mol. The summed E-state index contributed by atoms with van der Waals surface area (Å²) in [5.41, 5.74) is 15.4. The molecule has 486 valence electrons. The van der Waals surface area contributed by atoms with E-state index in [9.17, 15) is 29.7 Å². The minimum Gasteiger partial charge on any atom is -0.497 e. The van der Waals surface area contributed by atoms with E-state index in [1.54, 1.807) is 43.9 Å². The Kier molecular flexibility index (Phi) is 24.0. The summed E-state index contributed by atoms with van der Waals surface area (Å²) >= 11 is 0. The molecule has 0 amide bonds. The number of rotatable bonds is 19. The van der Waals surface area contributed by atoms with Crippen LogP contribution in [0, 0.1) is 19.3 Å². The van der Waals surface area contributed by atoms with Gasteiger partial charge in [-0.05, 0) is 213 Å². The molecule has 3 N–H and O–H groups in total. The number of anilines is 6. The van der Waals surface area contributed by atoms with Gasteiger partial charge in [0.05, 0.1) is 43.6 Å². The number of nitrogens with zero attached hydrogens (tertiary/aromatic N) is 6. The van der Waals surface area contributed by atoms with Gasteiger partial charge >= 0.3 is 17.9 Å². The van der Waals surface area contributed by atoms with E-state index in [2.05, 4.69) is 128 Å².